The molecule has 0 N–H and O–H groups in total. The van der Waals surface area contributed by atoms with E-state index in [2.05, 4.69) is 53.4 Å². The molecule has 0 amide bonds. The van der Waals surface area contributed by atoms with Gasteiger partial charge in [-0.25, -0.2) is 0 Å². The molecule has 0 aliphatic carbocycles. The molecule has 2 aromatic carbocycles. The molecule has 102 valence electrons. The van der Waals surface area contributed by atoms with Crippen LogP contribution in [0.25, 0.3) is 0 Å². The Morgan fingerprint density at radius 1 is 0.737 bits per heavy atom. The monoisotopic (exact) mass is 295 g/mol. The molecule has 0 fully saturated rings. The molecule has 3 heteroatoms. The van der Waals surface area contributed by atoms with Crippen LogP contribution in [0.2, 0.25) is 0 Å². The molecule has 0 heterocycles. The van der Waals surface area contributed by atoms with Crippen LogP contribution >= 0.6 is 24.0 Å². The van der Waals surface area contributed by atoms with Gasteiger partial charge in [-0.2, -0.15) is 0 Å². The summed E-state index contributed by atoms with van der Waals surface area (Å²) >= 11 is 5.89. The molecular weight excluding hydrogens is 277 g/mol. The van der Waals surface area contributed by atoms with E-state index in [1.807, 2.05) is 12.1 Å². The predicted molar refractivity (Wildman–Crippen MR) is 85.0 cm³/mol. The molecule has 0 bridgehead atoms. The van der Waals surface area contributed by atoms with Crippen LogP contribution in [0.5, 0.6) is 0 Å². The van der Waals surface area contributed by atoms with E-state index in [1.54, 1.807) is 0 Å². The zero-order chi connectivity index (χ0) is 12.6. The lowest BCUT2D eigenvalue weighted by molar-refractivity contribution is 0.273. The van der Waals surface area contributed by atoms with E-state index in [4.69, 9.17) is 11.6 Å². The summed E-state index contributed by atoms with van der Waals surface area (Å²) in [5.41, 5.74) is 2.66. The molecule has 1 nitrogen and oxygen atoms in total. The molecule has 0 atom stereocenters. The summed E-state index contributed by atoms with van der Waals surface area (Å²) in [6.45, 7) is 2.80. The second kappa shape index (κ2) is 8.98. The fraction of sp³-hybridized carbons (Fsp3) is 0.250. The topological polar surface area (TPSA) is 3.24 Å². The minimum Gasteiger partial charge on any atom is -0.294 e. The second-order valence-corrected chi connectivity index (χ2v) is 4.75. The summed E-state index contributed by atoms with van der Waals surface area (Å²) < 4.78 is 0. The lowest BCUT2D eigenvalue weighted by Crippen LogP contribution is -2.24. The number of rotatable bonds is 6. The number of benzene rings is 2. The van der Waals surface area contributed by atoms with Crippen molar-refractivity contribution in [3.05, 3.63) is 71.8 Å². The molecule has 0 saturated carbocycles. The SMILES string of the molecule is Cl.ClCCN(Cc1ccccc1)Cc1ccccc1. The molecule has 0 aromatic heterocycles. The van der Waals surface area contributed by atoms with Gasteiger partial charge in [-0.3, -0.25) is 4.90 Å². The van der Waals surface area contributed by atoms with Gasteiger partial charge in [-0.15, -0.1) is 24.0 Å². The first kappa shape index (κ1) is 16.0. The molecule has 19 heavy (non-hydrogen) atoms. The van der Waals surface area contributed by atoms with Crippen LogP contribution in [0.1, 0.15) is 11.1 Å². The normalized spacial score (nSPS) is 10.2. The van der Waals surface area contributed by atoms with Gasteiger partial charge in [-0.1, -0.05) is 60.7 Å². The van der Waals surface area contributed by atoms with Crippen molar-refractivity contribution in [2.24, 2.45) is 0 Å². The highest BCUT2D eigenvalue weighted by atomic mass is 35.5. The third kappa shape index (κ3) is 5.65. The average molecular weight is 296 g/mol. The van der Waals surface area contributed by atoms with E-state index in [1.165, 1.54) is 11.1 Å². The first-order chi connectivity index (χ1) is 8.88. The molecule has 0 saturated heterocycles. The highest BCUT2D eigenvalue weighted by molar-refractivity contribution is 6.18. The van der Waals surface area contributed by atoms with Crippen LogP contribution in [-0.4, -0.2) is 17.3 Å². The lowest BCUT2D eigenvalue weighted by Gasteiger charge is -2.21. The van der Waals surface area contributed by atoms with Crippen molar-refractivity contribution in [2.75, 3.05) is 12.4 Å². The Balaban J connectivity index is 0.00000180. The van der Waals surface area contributed by atoms with Crippen LogP contribution in [0.4, 0.5) is 0 Å². The third-order valence-corrected chi connectivity index (χ3v) is 3.07. The van der Waals surface area contributed by atoms with Crippen molar-refractivity contribution in [3.8, 4) is 0 Å². The summed E-state index contributed by atoms with van der Waals surface area (Å²) in [4.78, 5) is 2.37. The Kier molecular flexibility index (Phi) is 7.57. The third-order valence-electron chi connectivity index (χ3n) is 2.90. The lowest BCUT2D eigenvalue weighted by atomic mass is 10.1. The van der Waals surface area contributed by atoms with E-state index < -0.39 is 0 Å². The van der Waals surface area contributed by atoms with Crippen molar-refractivity contribution >= 4 is 24.0 Å². The molecule has 0 unspecified atom stereocenters. The molecule has 0 radical (unpaired) electrons. The Morgan fingerprint density at radius 3 is 1.53 bits per heavy atom. The fourth-order valence-corrected chi connectivity index (χ4v) is 2.26. The van der Waals surface area contributed by atoms with Gasteiger partial charge >= 0.3 is 0 Å². The Morgan fingerprint density at radius 2 is 1.16 bits per heavy atom. The maximum atomic E-state index is 5.89. The van der Waals surface area contributed by atoms with Crippen LogP contribution in [0.3, 0.4) is 0 Å². The molecule has 2 rings (SSSR count). The van der Waals surface area contributed by atoms with E-state index in [9.17, 15) is 0 Å². The summed E-state index contributed by atoms with van der Waals surface area (Å²) in [7, 11) is 0. The maximum absolute atomic E-state index is 5.89. The van der Waals surface area contributed by atoms with Crippen LogP contribution in [0.15, 0.2) is 60.7 Å². The van der Waals surface area contributed by atoms with Crippen LogP contribution in [0, 0.1) is 0 Å². The Hall–Kier alpha value is -1.02. The minimum absolute atomic E-state index is 0. The molecule has 2 aromatic rings. The Bertz CT molecular complexity index is 403. The fourth-order valence-electron chi connectivity index (χ4n) is 2.02. The van der Waals surface area contributed by atoms with Crippen LogP contribution < -0.4 is 0 Å². The highest BCUT2D eigenvalue weighted by Gasteiger charge is 2.06. The summed E-state index contributed by atoms with van der Waals surface area (Å²) in [5, 5.41) is 0. The highest BCUT2D eigenvalue weighted by Crippen LogP contribution is 2.09. The van der Waals surface area contributed by atoms with Crippen LogP contribution in [-0.2, 0) is 13.1 Å². The average Bonchev–Trinajstić information content (AvgIpc) is 2.41. The first-order valence-electron chi connectivity index (χ1n) is 6.24. The number of hydrogen-bond acceptors (Lipinski definition) is 1. The largest absolute Gasteiger partial charge is 0.294 e. The predicted octanol–water partition coefficient (Wildman–Crippen LogP) is 4.35. The summed E-state index contributed by atoms with van der Waals surface area (Å²) in [6, 6.07) is 21.1. The quantitative estimate of drug-likeness (QED) is 0.716. The standard InChI is InChI=1S/C16H18ClN.ClH/c17-11-12-18(13-15-7-3-1-4-8-15)14-16-9-5-2-6-10-16;/h1-10H,11-14H2;1H. The van der Waals surface area contributed by atoms with Crippen molar-refractivity contribution in [3.63, 3.8) is 0 Å². The van der Waals surface area contributed by atoms with Gasteiger partial charge < -0.3 is 0 Å². The van der Waals surface area contributed by atoms with Crippen molar-refractivity contribution in [1.82, 2.24) is 4.90 Å². The number of nitrogens with zero attached hydrogens (tertiary/aromatic N) is 1. The summed E-state index contributed by atoms with van der Waals surface area (Å²) in [5.74, 6) is 0.666. The minimum atomic E-state index is 0. The van der Waals surface area contributed by atoms with Crippen molar-refractivity contribution in [1.29, 1.82) is 0 Å². The van der Waals surface area contributed by atoms with E-state index in [0.29, 0.717) is 5.88 Å². The number of halogens is 2. The van der Waals surface area contributed by atoms with Gasteiger partial charge in [0, 0.05) is 25.5 Å². The zero-order valence-corrected chi connectivity index (χ0v) is 12.4. The summed E-state index contributed by atoms with van der Waals surface area (Å²) in [6.07, 6.45) is 0. The molecule has 0 aliphatic heterocycles. The van der Waals surface area contributed by atoms with Gasteiger partial charge in [-0.05, 0) is 11.1 Å². The van der Waals surface area contributed by atoms with Crippen molar-refractivity contribution in [2.45, 2.75) is 13.1 Å². The van der Waals surface area contributed by atoms with Gasteiger partial charge in [0.1, 0.15) is 0 Å². The van der Waals surface area contributed by atoms with Gasteiger partial charge in [0.05, 0.1) is 0 Å². The van der Waals surface area contributed by atoms with E-state index >= 15 is 0 Å². The maximum Gasteiger partial charge on any atom is 0.0351 e. The first-order valence-corrected chi connectivity index (χ1v) is 6.78. The number of alkyl halides is 1. The molecule has 0 aliphatic rings. The molecule has 0 spiro atoms. The smallest absolute Gasteiger partial charge is 0.0351 e. The van der Waals surface area contributed by atoms with E-state index in [-0.39, 0.29) is 12.4 Å². The van der Waals surface area contributed by atoms with E-state index in [0.717, 1.165) is 19.6 Å². The second-order valence-electron chi connectivity index (χ2n) is 4.37. The Labute approximate surface area is 126 Å². The zero-order valence-electron chi connectivity index (χ0n) is 10.8. The molecular formula is C16H19Cl2N. The van der Waals surface area contributed by atoms with Gasteiger partial charge in [0.25, 0.3) is 0 Å². The van der Waals surface area contributed by atoms with Gasteiger partial charge in [0.15, 0.2) is 0 Å². The number of hydrogen-bond donors (Lipinski definition) is 0. The van der Waals surface area contributed by atoms with Crippen molar-refractivity contribution < 1.29 is 0 Å². The van der Waals surface area contributed by atoms with Gasteiger partial charge in [0.2, 0.25) is 0 Å².